The predicted molar refractivity (Wildman–Crippen MR) is 102 cm³/mol. The third-order valence-corrected chi connectivity index (χ3v) is 9.26. The van der Waals surface area contributed by atoms with Crippen LogP contribution in [0.3, 0.4) is 0 Å². The van der Waals surface area contributed by atoms with Gasteiger partial charge in [0, 0.05) is 12.3 Å². The van der Waals surface area contributed by atoms with Gasteiger partial charge < -0.3 is 5.11 Å². The van der Waals surface area contributed by atoms with Crippen LogP contribution < -0.4 is 0 Å². The maximum Gasteiger partial charge on any atom is 0.303 e. The topological polar surface area (TPSA) is 54.4 Å². The lowest BCUT2D eigenvalue weighted by Gasteiger charge is -2.60. The Morgan fingerprint density at radius 1 is 1.08 bits per heavy atom. The summed E-state index contributed by atoms with van der Waals surface area (Å²) < 4.78 is 0. The van der Waals surface area contributed by atoms with Crippen LogP contribution >= 0.6 is 0 Å². The van der Waals surface area contributed by atoms with E-state index in [1.807, 2.05) is 6.92 Å². The molecular formula is C23H34O3. The van der Waals surface area contributed by atoms with Crippen molar-refractivity contribution in [3.8, 4) is 0 Å². The molecule has 4 aliphatic carbocycles. The zero-order valence-electron chi connectivity index (χ0n) is 16.6. The first-order valence-corrected chi connectivity index (χ1v) is 10.7. The highest BCUT2D eigenvalue weighted by atomic mass is 16.4. The first-order valence-electron chi connectivity index (χ1n) is 10.7. The van der Waals surface area contributed by atoms with Crippen molar-refractivity contribution in [3.05, 3.63) is 11.6 Å². The Morgan fingerprint density at radius 2 is 1.81 bits per heavy atom. The van der Waals surface area contributed by atoms with Crippen molar-refractivity contribution in [3.63, 3.8) is 0 Å². The number of fused-ring (bicyclic) bond motifs is 5. The molecule has 0 bridgehead atoms. The molecule has 0 spiro atoms. The second-order valence-corrected chi connectivity index (χ2v) is 10.1. The van der Waals surface area contributed by atoms with E-state index in [1.165, 1.54) is 25.7 Å². The molecular weight excluding hydrogens is 324 g/mol. The molecule has 4 fully saturated rings. The average Bonchev–Trinajstić information content (AvgIpc) is 2.91. The highest BCUT2D eigenvalue weighted by Gasteiger charge is 2.63. The molecule has 0 radical (unpaired) electrons. The summed E-state index contributed by atoms with van der Waals surface area (Å²) in [5.74, 6) is 1.47. The molecule has 0 aliphatic heterocycles. The fraction of sp³-hybridized carbons (Fsp3) is 0.826. The number of carbonyl (C=O) groups excluding carboxylic acids is 1. The van der Waals surface area contributed by atoms with Gasteiger partial charge in [0.2, 0.25) is 0 Å². The van der Waals surface area contributed by atoms with Gasteiger partial charge in [0.25, 0.3) is 0 Å². The summed E-state index contributed by atoms with van der Waals surface area (Å²) in [6, 6.07) is 0. The van der Waals surface area contributed by atoms with Crippen molar-refractivity contribution in [2.24, 2.45) is 40.4 Å². The monoisotopic (exact) mass is 358 g/mol. The summed E-state index contributed by atoms with van der Waals surface area (Å²) in [6.07, 6.45) is 11.6. The van der Waals surface area contributed by atoms with Crippen LogP contribution in [0.2, 0.25) is 0 Å². The Bertz CT molecular complexity index is 650. The molecule has 3 heteroatoms. The zero-order chi connectivity index (χ0) is 18.7. The molecule has 4 rings (SSSR count). The Hall–Kier alpha value is -1.12. The number of allylic oxidation sites excluding steroid dienone is 2. The molecule has 0 heterocycles. The Labute approximate surface area is 157 Å². The molecule has 1 N–H and O–H groups in total. The molecule has 3 nitrogen and oxygen atoms in total. The van der Waals surface area contributed by atoms with E-state index in [2.05, 4.69) is 19.9 Å². The van der Waals surface area contributed by atoms with Crippen LogP contribution in [0, 0.1) is 40.4 Å². The van der Waals surface area contributed by atoms with Crippen LogP contribution in [0.4, 0.5) is 0 Å². The van der Waals surface area contributed by atoms with Gasteiger partial charge >= 0.3 is 5.97 Å². The molecule has 0 amide bonds. The number of carboxylic acids is 1. The quantitative estimate of drug-likeness (QED) is 0.686. The van der Waals surface area contributed by atoms with E-state index in [-0.39, 0.29) is 29.1 Å². The number of hydrogen-bond donors (Lipinski definition) is 1. The minimum Gasteiger partial charge on any atom is -0.481 e. The number of ketones is 1. The zero-order valence-corrected chi connectivity index (χ0v) is 16.6. The highest BCUT2D eigenvalue weighted by Crippen LogP contribution is 2.67. The van der Waals surface area contributed by atoms with Crippen molar-refractivity contribution in [1.82, 2.24) is 0 Å². The summed E-state index contributed by atoms with van der Waals surface area (Å²) >= 11 is 0. The normalized spacial score (nSPS) is 49.4. The maximum absolute atomic E-state index is 13.6. The number of rotatable bonds is 2. The third-order valence-electron chi connectivity index (χ3n) is 9.26. The van der Waals surface area contributed by atoms with Gasteiger partial charge in [-0.3, -0.25) is 9.59 Å². The van der Waals surface area contributed by atoms with Crippen molar-refractivity contribution in [2.75, 3.05) is 0 Å². The van der Waals surface area contributed by atoms with E-state index >= 15 is 0 Å². The number of carboxylic acid groups (broad SMARTS) is 1. The van der Waals surface area contributed by atoms with Crippen LogP contribution in [0.15, 0.2) is 11.6 Å². The van der Waals surface area contributed by atoms with Crippen LogP contribution in [-0.4, -0.2) is 16.9 Å². The Morgan fingerprint density at radius 3 is 2.50 bits per heavy atom. The minimum atomic E-state index is -0.678. The second-order valence-electron chi connectivity index (χ2n) is 10.1. The molecule has 144 valence electrons. The molecule has 7 atom stereocenters. The van der Waals surface area contributed by atoms with Gasteiger partial charge in [0.15, 0.2) is 5.78 Å². The molecule has 26 heavy (non-hydrogen) atoms. The van der Waals surface area contributed by atoms with E-state index in [1.54, 1.807) is 0 Å². The third kappa shape index (κ3) is 2.38. The number of aliphatic carboxylic acids is 1. The van der Waals surface area contributed by atoms with Crippen LogP contribution in [0.5, 0.6) is 0 Å². The van der Waals surface area contributed by atoms with Crippen molar-refractivity contribution >= 4 is 11.8 Å². The summed E-state index contributed by atoms with van der Waals surface area (Å²) in [7, 11) is 0. The van der Waals surface area contributed by atoms with E-state index in [0.29, 0.717) is 23.5 Å². The lowest BCUT2D eigenvalue weighted by Crippen LogP contribution is -2.57. The van der Waals surface area contributed by atoms with Gasteiger partial charge in [0.1, 0.15) is 0 Å². The summed E-state index contributed by atoms with van der Waals surface area (Å²) in [5, 5.41) is 9.36. The summed E-state index contributed by atoms with van der Waals surface area (Å²) in [5.41, 5.74) is 1.41. The molecule has 7 unspecified atom stereocenters. The van der Waals surface area contributed by atoms with Crippen molar-refractivity contribution in [1.29, 1.82) is 0 Å². The van der Waals surface area contributed by atoms with E-state index in [0.717, 1.165) is 31.3 Å². The largest absolute Gasteiger partial charge is 0.481 e. The first kappa shape index (κ1) is 18.3. The maximum atomic E-state index is 13.6. The van der Waals surface area contributed by atoms with Gasteiger partial charge in [-0.1, -0.05) is 32.8 Å². The molecule has 0 aromatic rings. The molecule has 0 aromatic carbocycles. The van der Waals surface area contributed by atoms with Crippen molar-refractivity contribution < 1.29 is 14.7 Å². The Balaban J connectivity index is 1.72. The van der Waals surface area contributed by atoms with E-state index in [9.17, 15) is 14.7 Å². The average molecular weight is 359 g/mol. The van der Waals surface area contributed by atoms with Crippen LogP contribution in [-0.2, 0) is 9.59 Å². The minimum absolute atomic E-state index is 0.0337. The Kier molecular flexibility index (Phi) is 4.36. The van der Waals surface area contributed by atoms with Gasteiger partial charge in [-0.05, 0) is 85.5 Å². The standard InChI is InChI=1S/C23H34O3/c1-4-15-16-7-5-6-11-23(16,3)18-10-12-22(2)14(13-19(24)25)8-9-17(22)20(18)21(15)26/h4,14,16-18,20H,5-13H2,1-3H3,(H,24,25)/b15-4+. The lowest BCUT2D eigenvalue weighted by atomic mass is 9.43. The number of carbonyl (C=O) groups is 2. The van der Waals surface area contributed by atoms with Gasteiger partial charge in [0.05, 0.1) is 0 Å². The lowest BCUT2D eigenvalue weighted by molar-refractivity contribution is -0.147. The summed E-state index contributed by atoms with van der Waals surface area (Å²) in [6.45, 7) is 6.82. The number of Topliss-reactive ketones (excluding diaryl/α,β-unsaturated/α-hetero) is 1. The van der Waals surface area contributed by atoms with Gasteiger partial charge in [-0.2, -0.15) is 0 Å². The fourth-order valence-corrected chi connectivity index (χ4v) is 7.92. The van der Waals surface area contributed by atoms with Crippen LogP contribution in [0.1, 0.15) is 78.6 Å². The SMILES string of the molecule is C/C=C1/C(=O)C2C3CCC(CC(=O)O)C3(C)CCC2C2(C)CCCCC12. The molecule has 4 aliphatic rings. The highest BCUT2D eigenvalue weighted by molar-refractivity contribution is 5.99. The smallest absolute Gasteiger partial charge is 0.303 e. The van der Waals surface area contributed by atoms with Gasteiger partial charge in [-0.25, -0.2) is 0 Å². The molecule has 4 saturated carbocycles. The van der Waals surface area contributed by atoms with Crippen LogP contribution in [0.25, 0.3) is 0 Å². The molecule has 0 aromatic heterocycles. The number of hydrogen-bond acceptors (Lipinski definition) is 2. The molecule has 0 saturated heterocycles. The van der Waals surface area contributed by atoms with Crippen molar-refractivity contribution in [2.45, 2.75) is 78.6 Å². The fourth-order valence-electron chi connectivity index (χ4n) is 7.92. The second kappa shape index (κ2) is 6.21. The first-order chi connectivity index (χ1) is 12.3. The predicted octanol–water partition coefficient (Wildman–Crippen LogP) is 5.25. The van der Waals surface area contributed by atoms with Gasteiger partial charge in [-0.15, -0.1) is 0 Å². The van der Waals surface area contributed by atoms with E-state index < -0.39 is 5.97 Å². The van der Waals surface area contributed by atoms with E-state index in [4.69, 9.17) is 0 Å². The summed E-state index contributed by atoms with van der Waals surface area (Å²) in [4.78, 5) is 25.0.